The van der Waals surface area contributed by atoms with Gasteiger partial charge < -0.3 is 14.6 Å². The van der Waals surface area contributed by atoms with Crippen LogP contribution < -0.4 is 5.32 Å². The van der Waals surface area contributed by atoms with Crippen LogP contribution in [0.5, 0.6) is 0 Å². The number of hydrogen-bond donors (Lipinski definition) is 1. The zero-order valence-corrected chi connectivity index (χ0v) is 14.4. The average Bonchev–Trinajstić information content (AvgIpc) is 3.27. The Morgan fingerprint density at radius 2 is 2.43 bits per heavy atom. The summed E-state index contributed by atoms with van der Waals surface area (Å²) in [6.07, 6.45) is 2.06. The number of amides is 1. The second-order valence-corrected chi connectivity index (χ2v) is 7.41. The lowest BCUT2D eigenvalue weighted by Crippen LogP contribution is -2.25. The van der Waals surface area contributed by atoms with Gasteiger partial charge >= 0.3 is 0 Å². The summed E-state index contributed by atoms with van der Waals surface area (Å²) in [7, 11) is 0. The van der Waals surface area contributed by atoms with Crippen LogP contribution >= 0.6 is 23.1 Å². The van der Waals surface area contributed by atoms with Crippen molar-refractivity contribution >= 4 is 29.0 Å². The zero-order chi connectivity index (χ0) is 16.1. The molecule has 0 bridgehead atoms. The summed E-state index contributed by atoms with van der Waals surface area (Å²) in [5, 5.41) is 8.57. The number of rotatable bonds is 7. The van der Waals surface area contributed by atoms with Gasteiger partial charge in [-0.05, 0) is 18.6 Å². The van der Waals surface area contributed by atoms with Gasteiger partial charge in [-0.1, -0.05) is 23.8 Å². The number of aromatic nitrogens is 3. The van der Waals surface area contributed by atoms with Crippen molar-refractivity contribution in [3.8, 4) is 0 Å². The van der Waals surface area contributed by atoms with E-state index in [-0.39, 0.29) is 25.0 Å². The highest BCUT2D eigenvalue weighted by molar-refractivity contribution is 8.00. The van der Waals surface area contributed by atoms with Crippen molar-refractivity contribution in [2.24, 2.45) is 0 Å². The van der Waals surface area contributed by atoms with Gasteiger partial charge in [0.1, 0.15) is 10.4 Å². The van der Waals surface area contributed by atoms with Crippen LogP contribution in [0, 0.1) is 0 Å². The van der Waals surface area contributed by atoms with Crippen molar-refractivity contribution < 1.29 is 14.1 Å². The lowest BCUT2D eigenvalue weighted by molar-refractivity contribution is -0.120. The Kier molecular flexibility index (Phi) is 5.63. The summed E-state index contributed by atoms with van der Waals surface area (Å²) in [5.74, 6) is 1.83. The Hall–Kier alpha value is -1.45. The second-order valence-electron chi connectivity index (χ2n) is 5.04. The number of carbonyl (C=O) groups excluding carboxylic acids is 1. The van der Waals surface area contributed by atoms with Gasteiger partial charge in [0.15, 0.2) is 5.82 Å². The van der Waals surface area contributed by atoms with Gasteiger partial charge in [-0.2, -0.15) is 4.98 Å². The molecule has 0 unspecified atom stereocenters. The zero-order valence-electron chi connectivity index (χ0n) is 12.8. The fourth-order valence-corrected chi connectivity index (χ4v) is 3.95. The van der Waals surface area contributed by atoms with E-state index in [0.717, 1.165) is 35.2 Å². The third kappa shape index (κ3) is 4.52. The molecule has 124 valence electrons. The van der Waals surface area contributed by atoms with Gasteiger partial charge in [0.2, 0.25) is 5.91 Å². The van der Waals surface area contributed by atoms with E-state index >= 15 is 0 Å². The standard InChI is InChI=1S/C14H18N4O3S2/c1-2-22-14-16-9(8-23-14)6-12(19)15-7-11-17-13(21-18-11)10-4-3-5-20-10/h8,10H,2-7H2,1H3,(H,15,19)/t10-/m1/s1. The Morgan fingerprint density at radius 1 is 1.52 bits per heavy atom. The minimum atomic E-state index is -0.105. The van der Waals surface area contributed by atoms with Crippen LogP contribution in [0.1, 0.15) is 43.3 Å². The fourth-order valence-electron chi connectivity index (χ4n) is 2.21. The van der Waals surface area contributed by atoms with E-state index in [9.17, 15) is 4.79 Å². The molecule has 0 aromatic carbocycles. The maximum atomic E-state index is 12.0. The van der Waals surface area contributed by atoms with E-state index in [4.69, 9.17) is 9.26 Å². The van der Waals surface area contributed by atoms with Gasteiger partial charge in [-0.15, -0.1) is 11.3 Å². The van der Waals surface area contributed by atoms with Gasteiger partial charge in [0, 0.05) is 12.0 Å². The molecule has 1 saturated heterocycles. The monoisotopic (exact) mass is 354 g/mol. The second kappa shape index (κ2) is 7.89. The van der Waals surface area contributed by atoms with Crippen molar-refractivity contribution in [3.05, 3.63) is 22.8 Å². The molecule has 3 rings (SSSR count). The van der Waals surface area contributed by atoms with E-state index in [1.807, 2.05) is 5.38 Å². The van der Waals surface area contributed by atoms with E-state index in [2.05, 4.69) is 27.4 Å². The lowest BCUT2D eigenvalue weighted by Gasteiger charge is -2.01. The molecular formula is C14H18N4O3S2. The predicted molar refractivity (Wildman–Crippen MR) is 86.3 cm³/mol. The predicted octanol–water partition coefficient (Wildman–Crippen LogP) is 2.35. The maximum absolute atomic E-state index is 12.0. The number of hydrogen-bond acceptors (Lipinski definition) is 8. The third-order valence-corrected chi connectivity index (χ3v) is 5.22. The van der Waals surface area contributed by atoms with Crippen molar-refractivity contribution in [3.63, 3.8) is 0 Å². The highest BCUT2D eigenvalue weighted by atomic mass is 32.2. The van der Waals surface area contributed by atoms with Crippen LogP contribution in [0.3, 0.4) is 0 Å². The topological polar surface area (TPSA) is 90.1 Å². The first-order valence-electron chi connectivity index (χ1n) is 7.52. The average molecular weight is 354 g/mol. The first-order chi connectivity index (χ1) is 11.2. The lowest BCUT2D eigenvalue weighted by atomic mass is 10.2. The Labute approximate surface area is 142 Å². The minimum Gasteiger partial charge on any atom is -0.368 e. The van der Waals surface area contributed by atoms with Crippen LogP contribution in [0.15, 0.2) is 14.2 Å². The maximum Gasteiger partial charge on any atom is 0.255 e. The van der Waals surface area contributed by atoms with Crippen molar-refractivity contribution in [1.29, 1.82) is 0 Å². The van der Waals surface area contributed by atoms with Crippen molar-refractivity contribution in [2.75, 3.05) is 12.4 Å². The number of thiazole rings is 1. The molecule has 1 amide bonds. The van der Waals surface area contributed by atoms with Gasteiger partial charge in [0.25, 0.3) is 5.89 Å². The van der Waals surface area contributed by atoms with Gasteiger partial charge in [0.05, 0.1) is 18.7 Å². The molecule has 23 heavy (non-hydrogen) atoms. The first kappa shape index (κ1) is 16.4. The normalized spacial score (nSPS) is 17.5. The smallest absolute Gasteiger partial charge is 0.255 e. The van der Waals surface area contributed by atoms with Crippen molar-refractivity contribution in [2.45, 2.75) is 43.2 Å². The molecule has 7 nitrogen and oxygen atoms in total. The molecule has 3 heterocycles. The first-order valence-corrected chi connectivity index (χ1v) is 9.39. The highest BCUT2D eigenvalue weighted by Crippen LogP contribution is 2.26. The number of nitrogens with one attached hydrogen (secondary N) is 1. The molecule has 1 aliphatic heterocycles. The summed E-state index contributed by atoms with van der Waals surface area (Å²) in [4.78, 5) is 20.6. The van der Waals surface area contributed by atoms with E-state index in [1.54, 1.807) is 23.1 Å². The van der Waals surface area contributed by atoms with E-state index < -0.39 is 0 Å². The number of thioether (sulfide) groups is 1. The van der Waals surface area contributed by atoms with Crippen LogP contribution in [0.2, 0.25) is 0 Å². The summed E-state index contributed by atoms with van der Waals surface area (Å²) in [6, 6.07) is 0. The molecule has 9 heteroatoms. The summed E-state index contributed by atoms with van der Waals surface area (Å²) < 4.78 is 11.7. The Morgan fingerprint density at radius 3 is 3.22 bits per heavy atom. The minimum absolute atomic E-state index is 0.101. The molecule has 0 spiro atoms. The quantitative estimate of drug-likeness (QED) is 0.763. The highest BCUT2D eigenvalue weighted by Gasteiger charge is 2.23. The van der Waals surface area contributed by atoms with Crippen LogP contribution in [-0.4, -0.2) is 33.4 Å². The van der Waals surface area contributed by atoms with Crippen LogP contribution in [-0.2, 0) is 22.5 Å². The SMILES string of the molecule is CCSc1nc(CC(=O)NCc2noc([C@H]3CCCO3)n2)cs1. The Balaban J connectivity index is 1.46. The Bertz CT molecular complexity index is 652. The summed E-state index contributed by atoms with van der Waals surface area (Å²) >= 11 is 3.25. The van der Waals surface area contributed by atoms with Crippen molar-refractivity contribution in [1.82, 2.24) is 20.4 Å². The van der Waals surface area contributed by atoms with Crippen LogP contribution in [0.25, 0.3) is 0 Å². The van der Waals surface area contributed by atoms with Gasteiger partial charge in [-0.3, -0.25) is 4.79 Å². The molecule has 2 aromatic rings. The fraction of sp³-hybridized carbons (Fsp3) is 0.571. The summed E-state index contributed by atoms with van der Waals surface area (Å²) in [6.45, 7) is 3.05. The molecule has 1 N–H and O–H groups in total. The van der Waals surface area contributed by atoms with Crippen LogP contribution in [0.4, 0.5) is 0 Å². The molecule has 1 atom stereocenters. The largest absolute Gasteiger partial charge is 0.368 e. The molecule has 1 fully saturated rings. The number of nitrogens with zero attached hydrogens (tertiary/aromatic N) is 3. The molecular weight excluding hydrogens is 336 g/mol. The number of ether oxygens (including phenoxy) is 1. The third-order valence-electron chi connectivity index (χ3n) is 3.27. The molecule has 0 aliphatic carbocycles. The molecule has 0 saturated carbocycles. The molecule has 2 aromatic heterocycles. The molecule has 0 radical (unpaired) electrons. The number of carbonyl (C=O) groups is 1. The molecule has 1 aliphatic rings. The van der Waals surface area contributed by atoms with E-state index in [0.29, 0.717) is 11.7 Å². The van der Waals surface area contributed by atoms with E-state index in [1.165, 1.54) is 0 Å². The van der Waals surface area contributed by atoms with Gasteiger partial charge in [-0.25, -0.2) is 4.98 Å². The summed E-state index contributed by atoms with van der Waals surface area (Å²) in [5.41, 5.74) is 0.789.